The highest BCUT2D eigenvalue weighted by atomic mass is 19.1. The van der Waals surface area contributed by atoms with Crippen LogP contribution < -0.4 is 11.1 Å². The Bertz CT molecular complexity index is 387. The molecule has 0 saturated carbocycles. The van der Waals surface area contributed by atoms with E-state index in [0.29, 0.717) is 12.5 Å². The Morgan fingerprint density at radius 2 is 2.40 bits per heavy atom. The Morgan fingerprint density at radius 3 is 2.87 bits per heavy atom. The zero-order valence-corrected chi connectivity index (χ0v) is 8.50. The largest absolute Gasteiger partial charge is 0.370 e. The van der Waals surface area contributed by atoms with E-state index in [-0.39, 0.29) is 11.4 Å². The van der Waals surface area contributed by atoms with Gasteiger partial charge >= 0.3 is 0 Å². The molecule has 0 radical (unpaired) electrons. The first-order chi connectivity index (χ1) is 7.16. The fraction of sp³-hybridized carbons (Fsp3) is 0.400. The molecule has 0 aromatic carbocycles. The van der Waals surface area contributed by atoms with E-state index in [1.54, 1.807) is 6.07 Å². The molecule has 0 amide bonds. The fourth-order valence-corrected chi connectivity index (χ4v) is 1.73. The topological polar surface area (TPSA) is 63.3 Å². The molecule has 2 rings (SSSR count). The predicted octanol–water partition coefficient (Wildman–Crippen LogP) is 0.744. The molecule has 1 aromatic rings. The van der Waals surface area contributed by atoms with E-state index < -0.39 is 0 Å². The van der Waals surface area contributed by atoms with Crippen LogP contribution >= 0.6 is 0 Å². The first kappa shape index (κ1) is 9.89. The third-order valence-corrected chi connectivity index (χ3v) is 2.71. The lowest BCUT2D eigenvalue weighted by Crippen LogP contribution is -2.45. The number of guanidine groups is 1. The normalized spacial score (nSPS) is 24.8. The summed E-state index contributed by atoms with van der Waals surface area (Å²) in [5.41, 5.74) is 6.00. The van der Waals surface area contributed by atoms with Gasteiger partial charge in [-0.2, -0.15) is 0 Å². The van der Waals surface area contributed by atoms with Gasteiger partial charge in [0.25, 0.3) is 0 Å². The summed E-state index contributed by atoms with van der Waals surface area (Å²) >= 11 is 0. The van der Waals surface area contributed by atoms with Gasteiger partial charge < -0.3 is 11.1 Å². The van der Waals surface area contributed by atoms with Crippen molar-refractivity contribution in [1.29, 1.82) is 0 Å². The summed E-state index contributed by atoms with van der Waals surface area (Å²) in [6.45, 7) is 2.57. The number of rotatable bonds is 2. The Hall–Kier alpha value is -1.65. The van der Waals surface area contributed by atoms with Crippen LogP contribution in [0.2, 0.25) is 0 Å². The first-order valence-corrected chi connectivity index (χ1v) is 4.86. The lowest BCUT2D eigenvalue weighted by molar-refractivity contribution is 0.401. The molecule has 80 valence electrons. The van der Waals surface area contributed by atoms with Crippen molar-refractivity contribution in [1.82, 2.24) is 10.3 Å². The maximum Gasteiger partial charge on any atom is 0.189 e. The number of nitrogens with one attached hydrogen (secondary N) is 1. The van der Waals surface area contributed by atoms with Gasteiger partial charge in [0, 0.05) is 0 Å². The number of hydrogen-bond donors (Lipinski definition) is 2. The summed E-state index contributed by atoms with van der Waals surface area (Å²) in [6, 6.07) is 3.07. The van der Waals surface area contributed by atoms with Crippen LogP contribution in [-0.2, 0) is 5.54 Å². The molecule has 0 saturated heterocycles. The summed E-state index contributed by atoms with van der Waals surface area (Å²) in [7, 11) is 0. The van der Waals surface area contributed by atoms with Gasteiger partial charge in [-0.15, -0.1) is 0 Å². The van der Waals surface area contributed by atoms with Crippen molar-refractivity contribution in [2.24, 2.45) is 10.7 Å². The third-order valence-electron chi connectivity index (χ3n) is 2.71. The minimum absolute atomic E-state index is 0.336. The second-order valence-electron chi connectivity index (χ2n) is 3.62. The van der Waals surface area contributed by atoms with Gasteiger partial charge in [-0.05, 0) is 18.6 Å². The third kappa shape index (κ3) is 1.65. The fourth-order valence-electron chi connectivity index (χ4n) is 1.73. The van der Waals surface area contributed by atoms with Gasteiger partial charge in [0.05, 0.1) is 18.4 Å². The van der Waals surface area contributed by atoms with Crippen LogP contribution in [0, 0.1) is 5.82 Å². The zero-order valence-electron chi connectivity index (χ0n) is 8.50. The van der Waals surface area contributed by atoms with Crippen molar-refractivity contribution in [2.45, 2.75) is 18.9 Å². The van der Waals surface area contributed by atoms with Gasteiger partial charge in [-0.25, -0.2) is 4.39 Å². The molecule has 1 unspecified atom stereocenters. The molecule has 5 heteroatoms. The molecule has 0 fully saturated rings. The monoisotopic (exact) mass is 208 g/mol. The molecule has 0 spiro atoms. The summed E-state index contributed by atoms with van der Waals surface area (Å²) in [5.74, 6) is 0.0832. The number of nitrogens with zero attached hydrogens (tertiary/aromatic N) is 2. The molecule has 0 aliphatic carbocycles. The highest BCUT2D eigenvalue weighted by Gasteiger charge is 2.35. The Labute approximate surface area is 87.4 Å². The molecular formula is C10H13FN4. The lowest BCUT2D eigenvalue weighted by atomic mass is 9.92. The molecule has 3 N–H and O–H groups in total. The molecule has 15 heavy (non-hydrogen) atoms. The highest BCUT2D eigenvalue weighted by Crippen LogP contribution is 2.26. The van der Waals surface area contributed by atoms with Gasteiger partial charge in [-0.3, -0.25) is 9.98 Å². The van der Waals surface area contributed by atoms with E-state index >= 15 is 0 Å². The Morgan fingerprint density at radius 1 is 1.60 bits per heavy atom. The van der Waals surface area contributed by atoms with E-state index in [9.17, 15) is 4.39 Å². The standard InChI is InChI=1S/C10H13FN4/c1-2-10(6-14-9(12)15-10)8-4-3-7(11)5-13-8/h3-5H,2,6H2,1H3,(H3,12,14,15). The molecule has 2 heterocycles. The predicted molar refractivity (Wildman–Crippen MR) is 55.8 cm³/mol. The smallest absolute Gasteiger partial charge is 0.189 e. The van der Waals surface area contributed by atoms with Crippen molar-refractivity contribution in [3.63, 3.8) is 0 Å². The van der Waals surface area contributed by atoms with Crippen molar-refractivity contribution < 1.29 is 4.39 Å². The molecule has 4 nitrogen and oxygen atoms in total. The molecule has 0 bridgehead atoms. The van der Waals surface area contributed by atoms with Crippen LogP contribution in [0.3, 0.4) is 0 Å². The summed E-state index contributed by atoms with van der Waals surface area (Å²) in [4.78, 5) is 8.18. The number of aliphatic imine (C=N–C) groups is 1. The second-order valence-corrected chi connectivity index (χ2v) is 3.62. The molecule has 1 aromatic heterocycles. The SMILES string of the molecule is CCC1(c2ccc(F)cn2)CN=C(N)N1. The number of aromatic nitrogens is 1. The maximum absolute atomic E-state index is 12.7. The van der Waals surface area contributed by atoms with Gasteiger partial charge in [0.2, 0.25) is 0 Å². The van der Waals surface area contributed by atoms with E-state index in [0.717, 1.165) is 12.1 Å². The molecule has 1 aliphatic rings. The molecule has 1 atom stereocenters. The Balaban J connectivity index is 2.32. The van der Waals surface area contributed by atoms with Gasteiger partial charge in [0.1, 0.15) is 11.4 Å². The van der Waals surface area contributed by atoms with E-state index in [1.807, 2.05) is 6.92 Å². The number of hydrogen-bond acceptors (Lipinski definition) is 4. The highest BCUT2D eigenvalue weighted by molar-refractivity contribution is 5.80. The van der Waals surface area contributed by atoms with Crippen LogP contribution in [0.5, 0.6) is 0 Å². The minimum Gasteiger partial charge on any atom is -0.370 e. The van der Waals surface area contributed by atoms with Crippen LogP contribution in [0.25, 0.3) is 0 Å². The van der Waals surface area contributed by atoms with Crippen molar-refractivity contribution >= 4 is 5.96 Å². The summed E-state index contributed by atoms with van der Waals surface area (Å²) in [6.07, 6.45) is 2.01. The average molecular weight is 208 g/mol. The summed E-state index contributed by atoms with van der Waals surface area (Å²) < 4.78 is 12.7. The van der Waals surface area contributed by atoms with Crippen LogP contribution in [0.15, 0.2) is 23.3 Å². The number of pyridine rings is 1. The molecule has 1 aliphatic heterocycles. The van der Waals surface area contributed by atoms with E-state index in [1.165, 1.54) is 12.3 Å². The lowest BCUT2D eigenvalue weighted by Gasteiger charge is -2.26. The maximum atomic E-state index is 12.7. The van der Waals surface area contributed by atoms with Crippen molar-refractivity contribution in [2.75, 3.05) is 6.54 Å². The van der Waals surface area contributed by atoms with Crippen LogP contribution in [-0.4, -0.2) is 17.5 Å². The van der Waals surface area contributed by atoms with Crippen LogP contribution in [0.1, 0.15) is 19.0 Å². The zero-order chi connectivity index (χ0) is 10.9. The summed E-state index contributed by atoms with van der Waals surface area (Å²) in [5, 5.41) is 3.10. The van der Waals surface area contributed by atoms with Gasteiger partial charge in [-0.1, -0.05) is 6.92 Å². The van der Waals surface area contributed by atoms with Gasteiger partial charge in [0.15, 0.2) is 5.96 Å². The van der Waals surface area contributed by atoms with Crippen molar-refractivity contribution in [3.8, 4) is 0 Å². The Kier molecular flexibility index (Phi) is 2.30. The average Bonchev–Trinajstić information content (AvgIpc) is 2.62. The van der Waals surface area contributed by atoms with E-state index in [4.69, 9.17) is 5.73 Å². The quantitative estimate of drug-likeness (QED) is 0.753. The first-order valence-electron chi connectivity index (χ1n) is 4.86. The van der Waals surface area contributed by atoms with E-state index in [2.05, 4.69) is 15.3 Å². The second kappa shape index (κ2) is 3.49. The van der Waals surface area contributed by atoms with Crippen molar-refractivity contribution in [3.05, 3.63) is 29.8 Å². The number of halogens is 1. The molecular weight excluding hydrogens is 195 g/mol. The minimum atomic E-state index is -0.363. The van der Waals surface area contributed by atoms with Crippen LogP contribution in [0.4, 0.5) is 4.39 Å². The number of nitrogens with two attached hydrogens (primary N) is 1.